The summed E-state index contributed by atoms with van der Waals surface area (Å²) >= 11 is 8.47. The van der Waals surface area contributed by atoms with E-state index in [2.05, 4.69) is 79.5 Å². The van der Waals surface area contributed by atoms with Gasteiger partial charge in [-0.2, -0.15) is 0 Å². The third kappa shape index (κ3) is 4.16. The average Bonchev–Trinajstić information content (AvgIpc) is 2.41. The molecule has 0 aliphatic rings. The molecule has 0 spiro atoms. The second-order valence-corrected chi connectivity index (χ2v) is 7.42. The lowest BCUT2D eigenvalue weighted by molar-refractivity contribution is 0.647. The first-order valence-electron chi connectivity index (χ1n) is 7.20. The minimum absolute atomic E-state index is 0.330. The number of rotatable bonds is 4. The van der Waals surface area contributed by atoms with Crippen LogP contribution in [0, 0.1) is 9.49 Å². The molecule has 0 aliphatic heterocycles. The van der Waals surface area contributed by atoms with Crippen molar-refractivity contribution in [3.63, 3.8) is 0 Å². The molecule has 4 heteroatoms. The van der Waals surface area contributed by atoms with Crippen molar-refractivity contribution in [1.29, 1.82) is 0 Å². The summed E-state index contributed by atoms with van der Waals surface area (Å²) in [6, 6.07) is 8.47. The van der Waals surface area contributed by atoms with Crippen molar-refractivity contribution in [1.82, 2.24) is 9.97 Å². The molecule has 2 nitrogen and oxygen atoms in total. The Labute approximate surface area is 145 Å². The number of nitrogens with zero attached hydrogens (tertiary/aromatic N) is 2. The Balaban J connectivity index is 2.38. The monoisotopic (exact) mass is 414 g/mol. The van der Waals surface area contributed by atoms with E-state index in [1.54, 1.807) is 0 Å². The van der Waals surface area contributed by atoms with Gasteiger partial charge in [-0.15, -0.1) is 0 Å². The maximum atomic E-state index is 6.25. The molecule has 0 saturated carbocycles. The zero-order valence-corrected chi connectivity index (χ0v) is 15.7. The highest BCUT2D eigenvalue weighted by Gasteiger charge is 2.14. The van der Waals surface area contributed by atoms with Gasteiger partial charge in [-0.1, -0.05) is 63.6 Å². The third-order valence-corrected chi connectivity index (χ3v) is 4.90. The Bertz CT molecular complexity index is 621. The first-order chi connectivity index (χ1) is 9.88. The minimum Gasteiger partial charge on any atom is -0.232 e. The van der Waals surface area contributed by atoms with Crippen LogP contribution in [0.15, 0.2) is 24.3 Å². The van der Waals surface area contributed by atoms with Crippen LogP contribution < -0.4 is 0 Å². The standard InChI is InChI=1S/C17H20ClIN2/c1-10(2)9-12-5-7-13(8-6-12)17-20-15(11(3)4)14(19)16(18)21-17/h5-8,10-11H,9H2,1-4H3. The molecule has 1 aromatic carbocycles. The first-order valence-corrected chi connectivity index (χ1v) is 8.66. The summed E-state index contributed by atoms with van der Waals surface area (Å²) in [7, 11) is 0. The first kappa shape index (κ1) is 16.7. The molecule has 2 rings (SSSR count). The molecular weight excluding hydrogens is 395 g/mol. The van der Waals surface area contributed by atoms with E-state index in [0.717, 1.165) is 21.2 Å². The lowest BCUT2D eigenvalue weighted by Gasteiger charge is -2.11. The highest BCUT2D eigenvalue weighted by Crippen LogP contribution is 2.28. The van der Waals surface area contributed by atoms with Crippen LogP contribution in [-0.2, 0) is 6.42 Å². The molecule has 21 heavy (non-hydrogen) atoms. The molecular formula is C17H20ClIN2. The van der Waals surface area contributed by atoms with E-state index in [1.165, 1.54) is 5.56 Å². The van der Waals surface area contributed by atoms with Crippen LogP contribution in [0.1, 0.15) is 44.9 Å². The molecule has 0 radical (unpaired) electrons. The van der Waals surface area contributed by atoms with Crippen LogP contribution in [0.3, 0.4) is 0 Å². The van der Waals surface area contributed by atoms with Crippen molar-refractivity contribution in [2.24, 2.45) is 5.92 Å². The number of hydrogen-bond donors (Lipinski definition) is 0. The second kappa shape index (κ2) is 7.05. The maximum Gasteiger partial charge on any atom is 0.161 e. The van der Waals surface area contributed by atoms with Gasteiger partial charge in [0.1, 0.15) is 5.15 Å². The fourth-order valence-corrected chi connectivity index (χ4v) is 3.25. The van der Waals surface area contributed by atoms with Gasteiger partial charge in [-0.3, -0.25) is 0 Å². The van der Waals surface area contributed by atoms with E-state index in [0.29, 0.717) is 22.8 Å². The second-order valence-electron chi connectivity index (χ2n) is 5.99. The van der Waals surface area contributed by atoms with Gasteiger partial charge >= 0.3 is 0 Å². The smallest absolute Gasteiger partial charge is 0.161 e. The van der Waals surface area contributed by atoms with Crippen LogP contribution in [-0.4, -0.2) is 9.97 Å². The van der Waals surface area contributed by atoms with Crippen LogP contribution in [0.2, 0.25) is 5.15 Å². The molecule has 112 valence electrons. The van der Waals surface area contributed by atoms with Gasteiger partial charge in [-0.25, -0.2) is 9.97 Å². The third-order valence-electron chi connectivity index (χ3n) is 3.24. The molecule has 0 unspecified atom stereocenters. The highest BCUT2D eigenvalue weighted by atomic mass is 127. The number of halogens is 2. The van der Waals surface area contributed by atoms with E-state index in [-0.39, 0.29) is 0 Å². The Kier molecular flexibility index (Phi) is 5.60. The quantitative estimate of drug-likeness (QED) is 0.472. The Morgan fingerprint density at radius 2 is 1.67 bits per heavy atom. The molecule has 0 fully saturated rings. The summed E-state index contributed by atoms with van der Waals surface area (Å²) in [5.41, 5.74) is 3.37. The van der Waals surface area contributed by atoms with E-state index in [4.69, 9.17) is 16.6 Å². The summed E-state index contributed by atoms with van der Waals surface area (Å²) in [6.07, 6.45) is 1.09. The van der Waals surface area contributed by atoms with Gasteiger partial charge < -0.3 is 0 Å². The van der Waals surface area contributed by atoms with Gasteiger partial charge in [0.25, 0.3) is 0 Å². The van der Waals surface area contributed by atoms with Crippen LogP contribution in [0.25, 0.3) is 11.4 Å². The maximum absolute atomic E-state index is 6.25. The molecule has 1 heterocycles. The van der Waals surface area contributed by atoms with Crippen molar-refractivity contribution in [2.75, 3.05) is 0 Å². The van der Waals surface area contributed by atoms with Crippen molar-refractivity contribution >= 4 is 34.2 Å². The van der Waals surface area contributed by atoms with Crippen molar-refractivity contribution < 1.29 is 0 Å². The van der Waals surface area contributed by atoms with E-state index >= 15 is 0 Å². The molecule has 0 bridgehead atoms. The largest absolute Gasteiger partial charge is 0.232 e. The average molecular weight is 415 g/mol. The minimum atomic E-state index is 0.330. The molecule has 2 aromatic rings. The molecule has 0 aliphatic carbocycles. The van der Waals surface area contributed by atoms with Crippen LogP contribution >= 0.6 is 34.2 Å². The predicted molar refractivity (Wildman–Crippen MR) is 97.8 cm³/mol. The van der Waals surface area contributed by atoms with Gasteiger partial charge in [-0.05, 0) is 46.4 Å². The van der Waals surface area contributed by atoms with E-state index < -0.39 is 0 Å². The van der Waals surface area contributed by atoms with Crippen molar-refractivity contribution in [2.45, 2.75) is 40.0 Å². The fourth-order valence-electron chi connectivity index (χ4n) is 2.21. The Morgan fingerprint density at radius 1 is 1.05 bits per heavy atom. The molecule has 0 amide bonds. The van der Waals surface area contributed by atoms with Gasteiger partial charge in [0.15, 0.2) is 5.82 Å². The molecule has 0 saturated heterocycles. The molecule has 0 N–H and O–H groups in total. The SMILES string of the molecule is CC(C)Cc1ccc(-c2nc(Cl)c(I)c(C(C)C)n2)cc1. The van der Waals surface area contributed by atoms with Crippen molar-refractivity contribution in [3.8, 4) is 11.4 Å². The van der Waals surface area contributed by atoms with Crippen LogP contribution in [0.5, 0.6) is 0 Å². The zero-order chi connectivity index (χ0) is 15.6. The molecule has 1 aromatic heterocycles. The predicted octanol–water partition coefficient (Wildman–Crippen LogP) is 5.72. The summed E-state index contributed by atoms with van der Waals surface area (Å²) in [5, 5.41) is 0.538. The van der Waals surface area contributed by atoms with Crippen molar-refractivity contribution in [3.05, 3.63) is 44.2 Å². The Hall–Kier alpha value is -0.680. The lowest BCUT2D eigenvalue weighted by Crippen LogP contribution is -2.02. The summed E-state index contributed by atoms with van der Waals surface area (Å²) in [6.45, 7) is 8.70. The van der Waals surface area contributed by atoms with Gasteiger partial charge in [0.2, 0.25) is 0 Å². The highest BCUT2D eigenvalue weighted by molar-refractivity contribution is 14.1. The normalized spacial score (nSPS) is 11.4. The fraction of sp³-hybridized carbons (Fsp3) is 0.412. The summed E-state index contributed by atoms with van der Waals surface area (Å²) in [4.78, 5) is 9.11. The zero-order valence-electron chi connectivity index (χ0n) is 12.8. The number of hydrogen-bond acceptors (Lipinski definition) is 2. The topological polar surface area (TPSA) is 25.8 Å². The lowest BCUT2D eigenvalue weighted by atomic mass is 10.0. The van der Waals surface area contributed by atoms with E-state index in [9.17, 15) is 0 Å². The van der Waals surface area contributed by atoms with E-state index in [1.807, 2.05) is 0 Å². The number of aromatic nitrogens is 2. The van der Waals surface area contributed by atoms with Crippen LogP contribution in [0.4, 0.5) is 0 Å². The summed E-state index contributed by atoms with van der Waals surface area (Å²) < 4.78 is 0.949. The number of benzene rings is 1. The van der Waals surface area contributed by atoms with Gasteiger partial charge in [0, 0.05) is 5.56 Å². The summed E-state index contributed by atoms with van der Waals surface area (Å²) in [5.74, 6) is 1.70. The molecule has 0 atom stereocenters. The van der Waals surface area contributed by atoms with Gasteiger partial charge in [0.05, 0.1) is 9.26 Å². The Morgan fingerprint density at radius 3 is 2.19 bits per heavy atom.